The SMILES string of the molecule is CCc1c(NN2NC=CS2)cccc1S(N)(=O)=O. The summed E-state index contributed by atoms with van der Waals surface area (Å²) < 4.78 is 24.7. The van der Waals surface area contributed by atoms with Crippen LogP contribution in [-0.4, -0.2) is 12.9 Å². The third-order valence-corrected chi connectivity index (χ3v) is 4.10. The van der Waals surface area contributed by atoms with Crippen molar-refractivity contribution in [3.05, 3.63) is 35.4 Å². The zero-order valence-corrected chi connectivity index (χ0v) is 11.4. The molecule has 4 N–H and O–H groups in total. The molecule has 2 rings (SSSR count). The topological polar surface area (TPSA) is 87.5 Å². The molecule has 1 heterocycles. The standard InChI is InChI=1S/C10H14N4O2S2/c1-2-8-9(13-14-12-6-7-17-14)4-3-5-10(8)18(11,15)16/h3-7,12-13H,2H2,1H3,(H2,11,15,16). The van der Waals surface area contributed by atoms with Gasteiger partial charge in [-0.2, -0.15) is 0 Å². The van der Waals surface area contributed by atoms with E-state index in [1.807, 2.05) is 18.4 Å². The summed E-state index contributed by atoms with van der Waals surface area (Å²) in [6, 6.07) is 4.99. The average Bonchev–Trinajstić information content (AvgIpc) is 2.80. The van der Waals surface area contributed by atoms with Crippen molar-refractivity contribution < 1.29 is 8.42 Å². The van der Waals surface area contributed by atoms with Crippen LogP contribution in [0.15, 0.2) is 34.7 Å². The highest BCUT2D eigenvalue weighted by Gasteiger charge is 2.17. The summed E-state index contributed by atoms with van der Waals surface area (Å²) in [6.45, 7) is 1.89. The van der Waals surface area contributed by atoms with Gasteiger partial charge in [0, 0.05) is 11.6 Å². The first-order valence-electron chi connectivity index (χ1n) is 5.32. The van der Waals surface area contributed by atoms with Crippen LogP contribution in [0.25, 0.3) is 0 Å². The molecule has 0 radical (unpaired) electrons. The molecule has 6 nitrogen and oxygen atoms in total. The van der Waals surface area contributed by atoms with Crippen LogP contribution in [0.2, 0.25) is 0 Å². The maximum atomic E-state index is 11.5. The number of primary sulfonamides is 1. The van der Waals surface area contributed by atoms with Gasteiger partial charge in [-0.3, -0.25) is 10.9 Å². The normalized spacial score (nSPS) is 15.7. The summed E-state index contributed by atoms with van der Waals surface area (Å²) >= 11 is 1.42. The predicted molar refractivity (Wildman–Crippen MR) is 72.5 cm³/mol. The van der Waals surface area contributed by atoms with E-state index >= 15 is 0 Å². The number of nitrogens with zero attached hydrogens (tertiary/aromatic N) is 1. The number of hydrogen-bond acceptors (Lipinski definition) is 6. The van der Waals surface area contributed by atoms with E-state index in [9.17, 15) is 8.42 Å². The van der Waals surface area contributed by atoms with Gasteiger partial charge in [0.15, 0.2) is 0 Å². The van der Waals surface area contributed by atoms with Crippen molar-refractivity contribution in [2.75, 3.05) is 5.43 Å². The first-order valence-corrected chi connectivity index (χ1v) is 7.70. The van der Waals surface area contributed by atoms with E-state index < -0.39 is 10.0 Å². The van der Waals surface area contributed by atoms with E-state index in [0.717, 1.165) is 0 Å². The van der Waals surface area contributed by atoms with Crippen molar-refractivity contribution in [1.29, 1.82) is 0 Å². The zero-order chi connectivity index (χ0) is 13.2. The van der Waals surface area contributed by atoms with Crippen LogP contribution in [-0.2, 0) is 16.4 Å². The lowest BCUT2D eigenvalue weighted by Gasteiger charge is -2.20. The molecular formula is C10H14N4O2S2. The number of nitrogens with one attached hydrogen (secondary N) is 2. The molecule has 1 aliphatic heterocycles. The van der Waals surface area contributed by atoms with E-state index in [4.69, 9.17) is 5.14 Å². The number of sulfonamides is 1. The van der Waals surface area contributed by atoms with E-state index in [2.05, 4.69) is 10.9 Å². The molecule has 0 bridgehead atoms. The monoisotopic (exact) mass is 286 g/mol. The highest BCUT2D eigenvalue weighted by atomic mass is 32.2. The number of nitrogens with two attached hydrogens (primary N) is 1. The summed E-state index contributed by atoms with van der Waals surface area (Å²) in [7, 11) is -3.70. The van der Waals surface area contributed by atoms with E-state index in [-0.39, 0.29) is 4.90 Å². The maximum absolute atomic E-state index is 11.5. The molecule has 0 spiro atoms. The Balaban J connectivity index is 2.35. The van der Waals surface area contributed by atoms with Crippen LogP contribution in [0.3, 0.4) is 0 Å². The van der Waals surface area contributed by atoms with Gasteiger partial charge in [-0.05, 0) is 36.1 Å². The maximum Gasteiger partial charge on any atom is 0.238 e. The number of hydrogen-bond donors (Lipinski definition) is 3. The lowest BCUT2D eigenvalue weighted by Crippen LogP contribution is -2.30. The molecule has 1 aliphatic rings. The van der Waals surface area contributed by atoms with Crippen LogP contribution >= 0.6 is 11.9 Å². The summed E-state index contributed by atoms with van der Waals surface area (Å²) in [5.41, 5.74) is 7.40. The van der Waals surface area contributed by atoms with Crippen molar-refractivity contribution in [3.8, 4) is 0 Å². The Morgan fingerprint density at radius 1 is 1.50 bits per heavy atom. The molecular weight excluding hydrogens is 272 g/mol. The van der Waals surface area contributed by atoms with E-state index in [0.29, 0.717) is 17.7 Å². The summed E-state index contributed by atoms with van der Waals surface area (Å²) in [4.78, 5) is 0.159. The average molecular weight is 286 g/mol. The molecule has 1 aromatic rings. The lowest BCUT2D eigenvalue weighted by atomic mass is 10.1. The number of hydrazine groups is 2. The fourth-order valence-corrected chi connectivity index (χ4v) is 3.07. The van der Waals surface area contributed by atoms with Gasteiger partial charge in [0.1, 0.15) is 0 Å². The molecule has 0 atom stereocenters. The first-order chi connectivity index (χ1) is 8.52. The first kappa shape index (κ1) is 13.2. The third kappa shape index (κ3) is 2.78. The van der Waals surface area contributed by atoms with Gasteiger partial charge in [0.2, 0.25) is 10.0 Å². The van der Waals surface area contributed by atoms with Crippen LogP contribution < -0.4 is 16.0 Å². The quantitative estimate of drug-likeness (QED) is 0.720. The van der Waals surface area contributed by atoms with Gasteiger partial charge in [-0.15, -0.1) is 0 Å². The van der Waals surface area contributed by atoms with Crippen molar-refractivity contribution in [2.45, 2.75) is 18.2 Å². The second kappa shape index (κ2) is 5.19. The third-order valence-electron chi connectivity index (χ3n) is 2.44. The molecule has 0 saturated carbocycles. The predicted octanol–water partition coefficient (Wildman–Crippen LogP) is 1.16. The molecule has 0 saturated heterocycles. The molecule has 0 aliphatic carbocycles. The zero-order valence-electron chi connectivity index (χ0n) is 9.75. The Hall–Kier alpha value is -1.22. The van der Waals surface area contributed by atoms with Gasteiger partial charge in [0.25, 0.3) is 0 Å². The molecule has 8 heteroatoms. The Kier molecular flexibility index (Phi) is 3.81. The fraction of sp³-hybridized carbons (Fsp3) is 0.200. The number of benzene rings is 1. The van der Waals surface area contributed by atoms with Crippen molar-refractivity contribution in [3.63, 3.8) is 0 Å². The fourth-order valence-electron chi connectivity index (χ4n) is 1.69. The molecule has 0 amide bonds. The molecule has 0 unspecified atom stereocenters. The number of rotatable bonds is 4. The Morgan fingerprint density at radius 3 is 2.83 bits per heavy atom. The van der Waals surface area contributed by atoms with Crippen LogP contribution in [0.5, 0.6) is 0 Å². The second-order valence-corrected chi connectivity index (χ2v) is 6.00. The Morgan fingerprint density at radius 2 is 2.28 bits per heavy atom. The van der Waals surface area contributed by atoms with Gasteiger partial charge in [-0.1, -0.05) is 17.5 Å². The van der Waals surface area contributed by atoms with E-state index in [1.54, 1.807) is 16.8 Å². The molecule has 18 heavy (non-hydrogen) atoms. The summed E-state index contributed by atoms with van der Waals surface area (Å²) in [5.74, 6) is 0. The Bertz CT molecular complexity index is 563. The van der Waals surface area contributed by atoms with Gasteiger partial charge < -0.3 is 0 Å². The molecule has 0 fully saturated rings. The Labute approximate surface area is 110 Å². The van der Waals surface area contributed by atoms with Gasteiger partial charge in [0.05, 0.1) is 10.6 Å². The highest BCUT2D eigenvalue weighted by Crippen LogP contribution is 2.26. The smallest absolute Gasteiger partial charge is 0.238 e. The molecule has 1 aromatic carbocycles. The van der Waals surface area contributed by atoms with Gasteiger partial charge in [-0.25, -0.2) is 13.6 Å². The second-order valence-electron chi connectivity index (χ2n) is 3.62. The summed E-state index contributed by atoms with van der Waals surface area (Å²) in [6.07, 6.45) is 2.34. The molecule has 98 valence electrons. The van der Waals surface area contributed by atoms with E-state index in [1.165, 1.54) is 18.0 Å². The van der Waals surface area contributed by atoms with Crippen LogP contribution in [0.1, 0.15) is 12.5 Å². The highest BCUT2D eigenvalue weighted by molar-refractivity contribution is 8.00. The van der Waals surface area contributed by atoms with Crippen LogP contribution in [0, 0.1) is 0 Å². The van der Waals surface area contributed by atoms with Crippen LogP contribution in [0.4, 0.5) is 5.69 Å². The minimum Gasteiger partial charge on any atom is -0.298 e. The minimum atomic E-state index is -3.70. The molecule has 0 aromatic heterocycles. The minimum absolute atomic E-state index is 0.159. The number of anilines is 1. The summed E-state index contributed by atoms with van der Waals surface area (Å²) in [5, 5.41) is 7.07. The van der Waals surface area contributed by atoms with Crippen molar-refractivity contribution >= 4 is 27.7 Å². The van der Waals surface area contributed by atoms with Gasteiger partial charge >= 0.3 is 0 Å². The van der Waals surface area contributed by atoms with Crippen molar-refractivity contribution in [1.82, 2.24) is 9.95 Å². The lowest BCUT2D eigenvalue weighted by molar-refractivity contribution is 0.495. The largest absolute Gasteiger partial charge is 0.298 e. The van der Waals surface area contributed by atoms with Crippen molar-refractivity contribution in [2.24, 2.45) is 5.14 Å².